The Labute approximate surface area is 207 Å². The number of carbonyl (C=O) groups is 3. The van der Waals surface area contributed by atoms with E-state index in [4.69, 9.17) is 10.5 Å². The van der Waals surface area contributed by atoms with Crippen LogP contribution in [0.2, 0.25) is 0 Å². The zero-order chi connectivity index (χ0) is 25.8. The maximum absolute atomic E-state index is 13.1. The van der Waals surface area contributed by atoms with Crippen LogP contribution in [0.1, 0.15) is 87.9 Å². The maximum atomic E-state index is 13.1. The number of unbranched alkanes of at least 4 members (excludes halogenated alkanes) is 5. The van der Waals surface area contributed by atoms with Crippen LogP contribution in [-0.4, -0.2) is 68.9 Å². The number of aromatic hydroxyl groups is 1. The number of β-amino-alcohol motifs (C(OH)–C–C–N with tert-alkyl or cyclic N) is 1. The number of aliphatic hydroxyl groups excluding tert-OH is 2. The van der Waals surface area contributed by atoms with Gasteiger partial charge in [0.05, 0.1) is 11.7 Å². The molecular formula is C26H40N2O7. The number of phenolic OH excluding ortho intramolecular Hbond substituents is 1. The van der Waals surface area contributed by atoms with Crippen LogP contribution in [0.15, 0.2) is 24.3 Å². The van der Waals surface area contributed by atoms with Crippen LogP contribution in [0, 0.1) is 0 Å². The van der Waals surface area contributed by atoms with Gasteiger partial charge in [-0.3, -0.25) is 9.59 Å². The molecule has 4 atom stereocenters. The molecule has 0 saturated carbocycles. The summed E-state index contributed by atoms with van der Waals surface area (Å²) in [5, 5.41) is 29.8. The van der Waals surface area contributed by atoms with Gasteiger partial charge in [0.25, 0.3) is 5.91 Å². The molecule has 1 aromatic rings. The van der Waals surface area contributed by atoms with Crippen LogP contribution >= 0.6 is 0 Å². The predicted octanol–water partition coefficient (Wildman–Crippen LogP) is 2.65. The Morgan fingerprint density at radius 3 is 2.31 bits per heavy atom. The predicted molar refractivity (Wildman–Crippen MR) is 130 cm³/mol. The number of likely N-dealkylation sites (tertiary alicyclic amines) is 1. The Bertz CT molecular complexity index is 832. The van der Waals surface area contributed by atoms with E-state index in [0.717, 1.165) is 38.5 Å². The zero-order valence-corrected chi connectivity index (χ0v) is 20.6. The average Bonchev–Trinajstić information content (AvgIpc) is 3.22. The van der Waals surface area contributed by atoms with E-state index in [0.29, 0.717) is 25.7 Å². The first-order chi connectivity index (χ1) is 16.7. The van der Waals surface area contributed by atoms with E-state index in [9.17, 15) is 29.7 Å². The molecule has 0 bridgehead atoms. The summed E-state index contributed by atoms with van der Waals surface area (Å²) in [6, 6.07) is 5.20. The molecule has 1 heterocycles. The number of benzene rings is 1. The summed E-state index contributed by atoms with van der Waals surface area (Å²) >= 11 is 0. The Balaban J connectivity index is 1.97. The van der Waals surface area contributed by atoms with Crippen LogP contribution in [0.4, 0.5) is 0 Å². The van der Waals surface area contributed by atoms with Crippen LogP contribution in [0.3, 0.4) is 0 Å². The third-order valence-electron chi connectivity index (χ3n) is 6.44. The largest absolute Gasteiger partial charge is 0.507 e. The van der Waals surface area contributed by atoms with Gasteiger partial charge in [-0.05, 0) is 44.2 Å². The fourth-order valence-corrected chi connectivity index (χ4v) is 4.40. The Hall–Kier alpha value is -2.65. The lowest BCUT2D eigenvalue weighted by Gasteiger charge is -2.26. The molecule has 1 aliphatic rings. The molecule has 196 valence electrons. The van der Waals surface area contributed by atoms with Crippen molar-refractivity contribution in [3.63, 3.8) is 0 Å². The topological polar surface area (TPSA) is 150 Å². The number of amides is 2. The number of hydrogen-bond acceptors (Lipinski definition) is 7. The molecule has 0 radical (unpaired) electrons. The van der Waals surface area contributed by atoms with Gasteiger partial charge >= 0.3 is 5.97 Å². The van der Waals surface area contributed by atoms with Gasteiger partial charge < -0.3 is 30.7 Å². The number of primary amides is 1. The second kappa shape index (κ2) is 14.7. The van der Waals surface area contributed by atoms with Gasteiger partial charge in [0.1, 0.15) is 24.0 Å². The molecule has 1 aromatic carbocycles. The summed E-state index contributed by atoms with van der Waals surface area (Å²) in [5.74, 6) is -1.97. The number of rotatable bonds is 15. The second-order valence-electron chi connectivity index (χ2n) is 9.34. The first-order valence-corrected chi connectivity index (χ1v) is 12.7. The molecule has 35 heavy (non-hydrogen) atoms. The number of phenols is 1. The standard InChI is InChI=1S/C26H40N2O7/c1-2-3-4-6-11-19(12-7-5-8-15-23(31)24(27)32)35-26(34)21-16-18(29)17-28(21)25(33)20-13-9-10-14-22(20)30/h9-10,13-14,18-19,21,23,29-31H,2-8,11-12,15-17H2,1H3,(H2,27,32)/t18-,19-,21+,23-/m1/s1. The summed E-state index contributed by atoms with van der Waals surface area (Å²) in [5.41, 5.74) is 5.15. The van der Waals surface area contributed by atoms with Crippen molar-refractivity contribution in [3.8, 4) is 5.75 Å². The van der Waals surface area contributed by atoms with Crippen molar-refractivity contribution in [2.75, 3.05) is 6.54 Å². The molecule has 2 rings (SSSR count). The Kier molecular flexibility index (Phi) is 12.0. The van der Waals surface area contributed by atoms with Crippen molar-refractivity contribution < 1.29 is 34.4 Å². The third-order valence-corrected chi connectivity index (χ3v) is 6.44. The van der Waals surface area contributed by atoms with Crippen LogP contribution in [-0.2, 0) is 14.3 Å². The maximum Gasteiger partial charge on any atom is 0.329 e. The van der Waals surface area contributed by atoms with Gasteiger partial charge in [-0.1, -0.05) is 51.2 Å². The normalized spacial score (nSPS) is 19.3. The fourth-order valence-electron chi connectivity index (χ4n) is 4.40. The van der Waals surface area contributed by atoms with Gasteiger partial charge in [0, 0.05) is 13.0 Å². The number of ether oxygens (including phenoxy) is 1. The highest BCUT2D eigenvalue weighted by Crippen LogP contribution is 2.27. The molecule has 5 N–H and O–H groups in total. The van der Waals surface area contributed by atoms with E-state index in [1.165, 1.54) is 17.0 Å². The molecule has 0 spiro atoms. The van der Waals surface area contributed by atoms with Gasteiger partial charge in [-0.2, -0.15) is 0 Å². The Morgan fingerprint density at radius 1 is 1.06 bits per heavy atom. The summed E-state index contributed by atoms with van der Waals surface area (Å²) in [6.07, 6.45) is 5.73. The average molecular weight is 493 g/mol. The molecule has 1 saturated heterocycles. The van der Waals surface area contributed by atoms with Gasteiger partial charge in [-0.25, -0.2) is 4.79 Å². The number of para-hydroxylation sites is 1. The first kappa shape index (κ1) is 28.6. The molecule has 9 nitrogen and oxygen atoms in total. The van der Waals surface area contributed by atoms with Crippen LogP contribution in [0.25, 0.3) is 0 Å². The monoisotopic (exact) mass is 492 g/mol. The van der Waals surface area contributed by atoms with Crippen molar-refractivity contribution in [3.05, 3.63) is 29.8 Å². The summed E-state index contributed by atoms with van der Waals surface area (Å²) in [4.78, 5) is 38.3. The molecule has 1 aliphatic heterocycles. The number of esters is 1. The van der Waals surface area contributed by atoms with E-state index in [2.05, 4.69) is 6.92 Å². The first-order valence-electron chi connectivity index (χ1n) is 12.7. The van der Waals surface area contributed by atoms with Crippen molar-refractivity contribution in [2.24, 2.45) is 5.73 Å². The van der Waals surface area contributed by atoms with Crippen molar-refractivity contribution >= 4 is 17.8 Å². The number of nitrogens with zero attached hydrogens (tertiary/aromatic N) is 1. The molecule has 1 fully saturated rings. The second-order valence-corrected chi connectivity index (χ2v) is 9.34. The van der Waals surface area contributed by atoms with E-state index >= 15 is 0 Å². The molecule has 0 unspecified atom stereocenters. The molecule has 2 amide bonds. The molecule has 9 heteroatoms. The highest BCUT2D eigenvalue weighted by atomic mass is 16.5. The highest BCUT2D eigenvalue weighted by Gasteiger charge is 2.41. The summed E-state index contributed by atoms with van der Waals surface area (Å²) < 4.78 is 5.85. The van der Waals surface area contributed by atoms with Gasteiger partial charge in [0.2, 0.25) is 5.91 Å². The summed E-state index contributed by atoms with van der Waals surface area (Å²) in [7, 11) is 0. The quantitative estimate of drug-likeness (QED) is 0.217. The number of aliphatic hydroxyl groups is 2. The lowest BCUT2D eigenvalue weighted by atomic mass is 10.0. The Morgan fingerprint density at radius 2 is 1.69 bits per heavy atom. The smallest absolute Gasteiger partial charge is 0.329 e. The minimum atomic E-state index is -1.14. The van der Waals surface area contributed by atoms with Crippen LogP contribution < -0.4 is 5.73 Å². The van der Waals surface area contributed by atoms with E-state index < -0.39 is 36.0 Å². The number of nitrogens with two attached hydrogens (primary N) is 1. The van der Waals surface area contributed by atoms with Crippen LogP contribution in [0.5, 0.6) is 5.75 Å². The molecule has 0 aromatic heterocycles. The fraction of sp³-hybridized carbons (Fsp3) is 0.654. The zero-order valence-electron chi connectivity index (χ0n) is 20.6. The minimum Gasteiger partial charge on any atom is -0.507 e. The van der Waals surface area contributed by atoms with Gasteiger partial charge in [-0.15, -0.1) is 0 Å². The summed E-state index contributed by atoms with van der Waals surface area (Å²) in [6.45, 7) is 2.12. The van der Waals surface area contributed by atoms with Crippen molar-refractivity contribution in [1.29, 1.82) is 0 Å². The van der Waals surface area contributed by atoms with E-state index in [1.54, 1.807) is 12.1 Å². The number of hydrogen-bond donors (Lipinski definition) is 4. The molecular weight excluding hydrogens is 452 g/mol. The lowest BCUT2D eigenvalue weighted by Crippen LogP contribution is -2.42. The third kappa shape index (κ3) is 9.14. The SMILES string of the molecule is CCCCCC[C@H](CCCCC[C@@H](O)C(N)=O)OC(=O)[C@@H]1C[C@@H](O)CN1C(=O)c1ccccc1O. The van der Waals surface area contributed by atoms with Gasteiger partial charge in [0.15, 0.2) is 0 Å². The van der Waals surface area contributed by atoms with E-state index in [1.807, 2.05) is 0 Å². The lowest BCUT2D eigenvalue weighted by molar-refractivity contribution is -0.154. The molecule has 0 aliphatic carbocycles. The number of carbonyl (C=O) groups excluding carboxylic acids is 3. The minimum absolute atomic E-state index is 0.00368. The van der Waals surface area contributed by atoms with Crippen molar-refractivity contribution in [1.82, 2.24) is 4.90 Å². The highest BCUT2D eigenvalue weighted by molar-refractivity contribution is 5.99. The van der Waals surface area contributed by atoms with Crippen molar-refractivity contribution in [2.45, 2.75) is 102 Å². The van der Waals surface area contributed by atoms with E-state index in [-0.39, 0.29) is 30.4 Å².